The van der Waals surface area contributed by atoms with Gasteiger partial charge in [-0.2, -0.15) is 5.26 Å². The normalized spacial score (nSPS) is 23.5. The van der Waals surface area contributed by atoms with Crippen molar-refractivity contribution in [2.24, 2.45) is 5.92 Å². The average Bonchev–Trinajstić information content (AvgIpc) is 3.15. The summed E-state index contributed by atoms with van der Waals surface area (Å²) < 4.78 is 5.67. The van der Waals surface area contributed by atoms with Gasteiger partial charge in [0.05, 0.1) is 6.07 Å². The Morgan fingerprint density at radius 2 is 2.12 bits per heavy atom. The smallest absolute Gasteiger partial charge is 0.260 e. The number of likely N-dealkylation sites (tertiary alicyclic amines) is 1. The van der Waals surface area contributed by atoms with E-state index in [1.807, 2.05) is 29.2 Å². The fourth-order valence-electron chi connectivity index (χ4n) is 3.55. The lowest BCUT2D eigenvalue weighted by Gasteiger charge is -2.27. The maximum absolute atomic E-state index is 12.0. The third-order valence-electron chi connectivity index (χ3n) is 4.88. The molecule has 3 rings (SSSR count). The number of rotatable bonds is 5. The van der Waals surface area contributed by atoms with Gasteiger partial charge in [0.25, 0.3) is 5.91 Å². The second kappa shape index (κ2) is 8.05. The first kappa shape index (κ1) is 16.6. The largest absolute Gasteiger partial charge is 0.484 e. The SMILES string of the molecule is N#CC1CCCC(Nc2cccc(OCC(=O)N3CCCC3)c2)C1. The average molecular weight is 327 g/mol. The molecular formula is C19H25N3O2. The molecular weight excluding hydrogens is 302 g/mol. The van der Waals surface area contributed by atoms with E-state index >= 15 is 0 Å². The van der Waals surface area contributed by atoms with Gasteiger partial charge >= 0.3 is 0 Å². The van der Waals surface area contributed by atoms with Crippen molar-refractivity contribution in [3.8, 4) is 11.8 Å². The molecule has 24 heavy (non-hydrogen) atoms. The zero-order valence-corrected chi connectivity index (χ0v) is 14.0. The minimum Gasteiger partial charge on any atom is -0.484 e. The van der Waals surface area contributed by atoms with Crippen molar-refractivity contribution in [1.82, 2.24) is 4.90 Å². The zero-order chi connectivity index (χ0) is 16.8. The minimum absolute atomic E-state index is 0.0648. The number of nitrogens with one attached hydrogen (secondary N) is 1. The highest BCUT2D eigenvalue weighted by molar-refractivity contribution is 5.78. The Bertz CT molecular complexity index is 605. The van der Waals surface area contributed by atoms with Crippen LogP contribution in [0.25, 0.3) is 0 Å². The lowest BCUT2D eigenvalue weighted by atomic mass is 9.86. The third-order valence-corrected chi connectivity index (χ3v) is 4.88. The predicted molar refractivity (Wildman–Crippen MR) is 92.7 cm³/mol. The number of hydrogen-bond acceptors (Lipinski definition) is 4. The number of ether oxygens (including phenoxy) is 1. The Balaban J connectivity index is 1.52. The van der Waals surface area contributed by atoms with Crippen LogP contribution in [0.2, 0.25) is 0 Å². The van der Waals surface area contributed by atoms with Gasteiger partial charge in [0.15, 0.2) is 6.61 Å². The van der Waals surface area contributed by atoms with Crippen LogP contribution in [0.5, 0.6) is 5.75 Å². The summed E-state index contributed by atoms with van der Waals surface area (Å²) >= 11 is 0. The molecule has 1 aliphatic carbocycles. The lowest BCUT2D eigenvalue weighted by molar-refractivity contribution is -0.132. The summed E-state index contributed by atoms with van der Waals surface area (Å²) in [5.41, 5.74) is 0.990. The molecule has 5 nitrogen and oxygen atoms in total. The summed E-state index contributed by atoms with van der Waals surface area (Å²) in [7, 11) is 0. The standard InChI is InChI=1S/C19H25N3O2/c20-13-15-5-3-6-16(11-15)21-17-7-4-8-18(12-17)24-14-19(23)22-9-1-2-10-22/h4,7-8,12,15-16,21H,1-3,5-6,9-11,14H2. The van der Waals surface area contributed by atoms with Crippen LogP contribution in [0.4, 0.5) is 5.69 Å². The van der Waals surface area contributed by atoms with E-state index in [0.717, 1.165) is 57.3 Å². The number of carbonyl (C=O) groups is 1. The number of benzene rings is 1. The van der Waals surface area contributed by atoms with Crippen LogP contribution in [0.3, 0.4) is 0 Å². The molecule has 2 atom stereocenters. The summed E-state index contributed by atoms with van der Waals surface area (Å²) in [5.74, 6) is 0.934. The van der Waals surface area contributed by atoms with E-state index in [0.29, 0.717) is 11.8 Å². The molecule has 1 aliphatic heterocycles. The van der Waals surface area contributed by atoms with Gasteiger partial charge < -0.3 is 15.0 Å². The highest BCUT2D eigenvalue weighted by Crippen LogP contribution is 2.27. The van der Waals surface area contributed by atoms with Gasteiger partial charge in [0.1, 0.15) is 5.75 Å². The van der Waals surface area contributed by atoms with Gasteiger partial charge in [-0.25, -0.2) is 0 Å². The summed E-state index contributed by atoms with van der Waals surface area (Å²) in [6, 6.07) is 10.5. The van der Waals surface area contributed by atoms with E-state index in [2.05, 4.69) is 11.4 Å². The fourth-order valence-corrected chi connectivity index (χ4v) is 3.55. The molecule has 1 N–H and O–H groups in total. The molecule has 0 aromatic heterocycles. The van der Waals surface area contributed by atoms with Crippen LogP contribution >= 0.6 is 0 Å². The quantitative estimate of drug-likeness (QED) is 0.902. The van der Waals surface area contributed by atoms with Gasteiger partial charge in [-0.05, 0) is 44.2 Å². The van der Waals surface area contributed by atoms with Crippen LogP contribution < -0.4 is 10.1 Å². The number of anilines is 1. The predicted octanol–water partition coefficient (Wildman–Crippen LogP) is 3.18. The Morgan fingerprint density at radius 3 is 2.92 bits per heavy atom. The van der Waals surface area contributed by atoms with E-state index < -0.39 is 0 Å². The van der Waals surface area contributed by atoms with E-state index in [9.17, 15) is 4.79 Å². The minimum atomic E-state index is 0.0648. The highest BCUT2D eigenvalue weighted by Gasteiger charge is 2.22. The van der Waals surface area contributed by atoms with Crippen molar-refractivity contribution in [1.29, 1.82) is 5.26 Å². The summed E-state index contributed by atoms with van der Waals surface area (Å²) in [5, 5.41) is 12.6. The van der Waals surface area contributed by atoms with Gasteiger partial charge in [0, 0.05) is 36.8 Å². The molecule has 5 heteroatoms. The zero-order valence-electron chi connectivity index (χ0n) is 14.0. The van der Waals surface area contributed by atoms with E-state index in [-0.39, 0.29) is 18.4 Å². The van der Waals surface area contributed by atoms with Gasteiger partial charge in [0.2, 0.25) is 0 Å². The van der Waals surface area contributed by atoms with Crippen LogP contribution in [0.1, 0.15) is 38.5 Å². The number of amides is 1. The molecule has 1 aromatic rings. The van der Waals surface area contributed by atoms with Crippen molar-refractivity contribution in [2.45, 2.75) is 44.6 Å². The first-order valence-corrected chi connectivity index (χ1v) is 8.91. The molecule has 1 saturated heterocycles. The summed E-state index contributed by atoms with van der Waals surface area (Å²) in [6.07, 6.45) is 6.28. The molecule has 0 spiro atoms. The van der Waals surface area contributed by atoms with E-state index in [1.165, 1.54) is 0 Å². The maximum atomic E-state index is 12.0. The number of carbonyl (C=O) groups excluding carboxylic acids is 1. The first-order chi connectivity index (χ1) is 11.7. The molecule has 0 radical (unpaired) electrons. The second-order valence-electron chi connectivity index (χ2n) is 6.74. The molecule has 1 amide bonds. The van der Waals surface area contributed by atoms with Crippen LogP contribution in [-0.4, -0.2) is 36.5 Å². The molecule has 1 aromatic carbocycles. The van der Waals surface area contributed by atoms with Crippen molar-refractivity contribution < 1.29 is 9.53 Å². The molecule has 2 fully saturated rings. The number of nitrogens with zero attached hydrogens (tertiary/aromatic N) is 2. The van der Waals surface area contributed by atoms with Crippen molar-refractivity contribution in [3.05, 3.63) is 24.3 Å². The Hall–Kier alpha value is -2.22. The van der Waals surface area contributed by atoms with E-state index in [1.54, 1.807) is 0 Å². The van der Waals surface area contributed by atoms with Crippen LogP contribution in [0, 0.1) is 17.2 Å². The third kappa shape index (κ3) is 4.41. The second-order valence-corrected chi connectivity index (χ2v) is 6.74. The molecule has 2 unspecified atom stereocenters. The Labute approximate surface area is 143 Å². The molecule has 0 bridgehead atoms. The topological polar surface area (TPSA) is 65.4 Å². The summed E-state index contributed by atoms with van der Waals surface area (Å²) in [4.78, 5) is 13.9. The molecule has 2 aliphatic rings. The van der Waals surface area contributed by atoms with Crippen molar-refractivity contribution in [3.63, 3.8) is 0 Å². The fraction of sp³-hybridized carbons (Fsp3) is 0.579. The molecule has 1 saturated carbocycles. The van der Waals surface area contributed by atoms with Gasteiger partial charge in [-0.3, -0.25) is 4.79 Å². The van der Waals surface area contributed by atoms with Crippen LogP contribution in [-0.2, 0) is 4.79 Å². The lowest BCUT2D eigenvalue weighted by Crippen LogP contribution is -2.32. The number of hydrogen-bond donors (Lipinski definition) is 1. The first-order valence-electron chi connectivity index (χ1n) is 8.91. The van der Waals surface area contributed by atoms with Crippen molar-refractivity contribution >= 4 is 11.6 Å². The monoisotopic (exact) mass is 327 g/mol. The highest BCUT2D eigenvalue weighted by atomic mass is 16.5. The van der Waals surface area contributed by atoms with Crippen LogP contribution in [0.15, 0.2) is 24.3 Å². The number of nitriles is 1. The molecule has 1 heterocycles. The van der Waals surface area contributed by atoms with Gasteiger partial charge in [-0.15, -0.1) is 0 Å². The van der Waals surface area contributed by atoms with Gasteiger partial charge in [-0.1, -0.05) is 12.5 Å². The molecule has 128 valence electrons. The summed E-state index contributed by atoms with van der Waals surface area (Å²) in [6.45, 7) is 1.81. The van der Waals surface area contributed by atoms with E-state index in [4.69, 9.17) is 10.00 Å². The maximum Gasteiger partial charge on any atom is 0.260 e. The van der Waals surface area contributed by atoms with Crippen molar-refractivity contribution in [2.75, 3.05) is 25.0 Å². The Kier molecular flexibility index (Phi) is 5.58. The Morgan fingerprint density at radius 1 is 1.29 bits per heavy atom.